The van der Waals surface area contributed by atoms with Crippen molar-refractivity contribution in [3.05, 3.63) is 53.6 Å². The second kappa shape index (κ2) is 5.36. The number of phenols is 2. The average Bonchev–Trinajstić information content (AvgIpc) is 2.40. The predicted molar refractivity (Wildman–Crippen MR) is 81.1 cm³/mol. The first-order valence-corrected chi connectivity index (χ1v) is 6.49. The molecular weight excluding hydrogens is 268 g/mol. The molecule has 2 rings (SSSR count). The van der Waals surface area contributed by atoms with Crippen molar-refractivity contribution in [2.75, 3.05) is 5.32 Å². The van der Waals surface area contributed by atoms with E-state index in [0.717, 1.165) is 5.56 Å². The zero-order valence-electron chi connectivity index (χ0n) is 11.9. The minimum atomic E-state index is -1.26. The molecule has 0 saturated heterocycles. The van der Waals surface area contributed by atoms with Crippen molar-refractivity contribution in [1.82, 2.24) is 0 Å². The Labute approximate surface area is 123 Å². The molecule has 21 heavy (non-hydrogen) atoms. The molecular formula is C16H18N2O3. The number of amides is 1. The summed E-state index contributed by atoms with van der Waals surface area (Å²) in [5.41, 5.74) is 6.45. The number of hydrogen-bond acceptors (Lipinski definition) is 4. The van der Waals surface area contributed by atoms with Crippen LogP contribution in [0.4, 0.5) is 5.69 Å². The second-order valence-electron chi connectivity index (χ2n) is 5.22. The first-order valence-electron chi connectivity index (χ1n) is 6.49. The highest BCUT2D eigenvalue weighted by molar-refractivity contribution is 5.89. The molecule has 5 heteroatoms. The van der Waals surface area contributed by atoms with Gasteiger partial charge in [-0.25, -0.2) is 0 Å². The number of carbonyl (C=O) groups is 1. The maximum absolute atomic E-state index is 11.9. The number of phenolic OH excluding ortho intramolecular Hbond substituents is 2. The van der Waals surface area contributed by atoms with Gasteiger partial charge in [-0.3, -0.25) is 4.79 Å². The lowest BCUT2D eigenvalue weighted by molar-refractivity contribution is -0.122. The monoisotopic (exact) mass is 286 g/mol. The van der Waals surface area contributed by atoms with Crippen molar-refractivity contribution in [3.8, 4) is 11.5 Å². The summed E-state index contributed by atoms with van der Waals surface area (Å²) in [6.45, 7) is 3.56. The fourth-order valence-electron chi connectivity index (χ4n) is 2.09. The third-order valence-corrected chi connectivity index (χ3v) is 3.42. The molecule has 0 bridgehead atoms. The molecule has 1 atom stereocenters. The van der Waals surface area contributed by atoms with Gasteiger partial charge >= 0.3 is 0 Å². The minimum Gasteiger partial charge on any atom is -0.508 e. The van der Waals surface area contributed by atoms with E-state index in [0.29, 0.717) is 11.3 Å². The molecule has 0 heterocycles. The molecule has 0 aliphatic rings. The number of hydrogen-bond donors (Lipinski definition) is 4. The lowest BCUT2D eigenvalue weighted by atomic mass is 9.90. The number of nitrogens with two attached hydrogens (primary N) is 1. The molecule has 0 saturated carbocycles. The van der Waals surface area contributed by atoms with Gasteiger partial charge in [0, 0.05) is 11.8 Å². The Bertz CT molecular complexity index is 647. The second-order valence-corrected chi connectivity index (χ2v) is 5.22. The number of benzene rings is 2. The molecule has 0 fully saturated rings. The third-order valence-electron chi connectivity index (χ3n) is 3.42. The van der Waals surface area contributed by atoms with Crippen LogP contribution in [-0.4, -0.2) is 16.1 Å². The van der Waals surface area contributed by atoms with Gasteiger partial charge in [0.25, 0.3) is 0 Å². The van der Waals surface area contributed by atoms with Crippen LogP contribution in [0.1, 0.15) is 18.1 Å². The van der Waals surface area contributed by atoms with Gasteiger partial charge in [-0.15, -0.1) is 0 Å². The van der Waals surface area contributed by atoms with Crippen LogP contribution in [-0.2, 0) is 10.3 Å². The SMILES string of the molecule is Cc1ccc(NC(C)(C(N)=O)c2cc(O)cc(O)c2)cc1. The van der Waals surface area contributed by atoms with E-state index in [9.17, 15) is 15.0 Å². The van der Waals surface area contributed by atoms with Crippen molar-refractivity contribution in [1.29, 1.82) is 0 Å². The molecule has 2 aromatic carbocycles. The van der Waals surface area contributed by atoms with E-state index in [1.54, 1.807) is 6.92 Å². The van der Waals surface area contributed by atoms with E-state index in [2.05, 4.69) is 5.32 Å². The van der Waals surface area contributed by atoms with Gasteiger partial charge in [0.05, 0.1) is 0 Å². The van der Waals surface area contributed by atoms with Crippen molar-refractivity contribution < 1.29 is 15.0 Å². The maximum atomic E-state index is 11.9. The van der Waals surface area contributed by atoms with Gasteiger partial charge in [0.1, 0.15) is 17.0 Å². The highest BCUT2D eigenvalue weighted by Crippen LogP contribution is 2.31. The fourth-order valence-corrected chi connectivity index (χ4v) is 2.09. The van der Waals surface area contributed by atoms with Gasteiger partial charge in [-0.05, 0) is 43.7 Å². The first-order chi connectivity index (χ1) is 9.81. The van der Waals surface area contributed by atoms with E-state index < -0.39 is 11.4 Å². The summed E-state index contributed by atoms with van der Waals surface area (Å²) in [6, 6.07) is 11.5. The molecule has 0 radical (unpaired) electrons. The summed E-state index contributed by atoms with van der Waals surface area (Å²) >= 11 is 0. The van der Waals surface area contributed by atoms with Gasteiger partial charge in [-0.2, -0.15) is 0 Å². The summed E-state index contributed by atoms with van der Waals surface area (Å²) in [5.74, 6) is -0.889. The van der Waals surface area contributed by atoms with Crippen molar-refractivity contribution in [3.63, 3.8) is 0 Å². The number of carbonyl (C=O) groups excluding carboxylic acids is 1. The lowest BCUT2D eigenvalue weighted by Crippen LogP contribution is -2.45. The Morgan fingerprint density at radius 1 is 1.10 bits per heavy atom. The van der Waals surface area contributed by atoms with E-state index in [1.807, 2.05) is 31.2 Å². The number of rotatable bonds is 4. The minimum absolute atomic E-state index is 0.136. The van der Waals surface area contributed by atoms with Crippen molar-refractivity contribution >= 4 is 11.6 Å². The summed E-state index contributed by atoms with van der Waals surface area (Å²) in [7, 11) is 0. The number of primary amides is 1. The molecule has 110 valence electrons. The number of aryl methyl sites for hydroxylation is 1. The van der Waals surface area contributed by atoms with Crippen LogP contribution in [0, 0.1) is 6.92 Å². The quantitative estimate of drug-likeness (QED) is 0.693. The smallest absolute Gasteiger partial charge is 0.247 e. The molecule has 0 aliphatic heterocycles. The molecule has 0 aromatic heterocycles. The summed E-state index contributed by atoms with van der Waals surface area (Å²) in [4.78, 5) is 11.9. The highest BCUT2D eigenvalue weighted by atomic mass is 16.3. The highest BCUT2D eigenvalue weighted by Gasteiger charge is 2.34. The summed E-state index contributed by atoms with van der Waals surface area (Å²) in [5, 5.41) is 22.3. The van der Waals surface area contributed by atoms with Crippen LogP contribution in [0.2, 0.25) is 0 Å². The maximum Gasteiger partial charge on any atom is 0.247 e. The van der Waals surface area contributed by atoms with E-state index >= 15 is 0 Å². The number of anilines is 1. The van der Waals surface area contributed by atoms with Crippen molar-refractivity contribution in [2.45, 2.75) is 19.4 Å². The van der Waals surface area contributed by atoms with E-state index in [-0.39, 0.29) is 11.5 Å². The molecule has 5 N–H and O–H groups in total. The molecule has 5 nitrogen and oxygen atoms in total. The van der Waals surface area contributed by atoms with Crippen LogP contribution in [0.25, 0.3) is 0 Å². The first kappa shape index (κ1) is 14.7. The summed E-state index contributed by atoms with van der Waals surface area (Å²) in [6.07, 6.45) is 0. The Balaban J connectivity index is 2.44. The largest absolute Gasteiger partial charge is 0.508 e. The fraction of sp³-hybridized carbons (Fsp3) is 0.188. The Hall–Kier alpha value is -2.69. The van der Waals surface area contributed by atoms with E-state index in [1.165, 1.54) is 18.2 Å². The van der Waals surface area contributed by atoms with Crippen LogP contribution < -0.4 is 11.1 Å². The number of aromatic hydroxyl groups is 2. The molecule has 2 aromatic rings. The van der Waals surface area contributed by atoms with Gasteiger partial charge in [0.2, 0.25) is 5.91 Å². The zero-order valence-corrected chi connectivity index (χ0v) is 11.9. The topological polar surface area (TPSA) is 95.6 Å². The molecule has 0 aliphatic carbocycles. The molecule has 1 unspecified atom stereocenters. The third kappa shape index (κ3) is 3.08. The predicted octanol–water partition coefficient (Wildman–Crippen LogP) is 2.22. The van der Waals surface area contributed by atoms with Gasteiger partial charge in [-0.1, -0.05) is 17.7 Å². The van der Waals surface area contributed by atoms with Gasteiger partial charge < -0.3 is 21.3 Å². The van der Waals surface area contributed by atoms with E-state index in [4.69, 9.17) is 5.73 Å². The van der Waals surface area contributed by atoms with Crippen molar-refractivity contribution in [2.24, 2.45) is 5.73 Å². The van der Waals surface area contributed by atoms with Crippen LogP contribution in [0.5, 0.6) is 11.5 Å². The lowest BCUT2D eigenvalue weighted by Gasteiger charge is -2.29. The Kier molecular flexibility index (Phi) is 3.76. The standard InChI is InChI=1S/C16H18N2O3/c1-10-3-5-12(6-4-10)18-16(2,15(17)21)11-7-13(19)9-14(20)8-11/h3-9,18-20H,1-2H3,(H2,17,21). The van der Waals surface area contributed by atoms with Crippen LogP contribution >= 0.6 is 0 Å². The van der Waals surface area contributed by atoms with Gasteiger partial charge in [0.15, 0.2) is 0 Å². The van der Waals surface area contributed by atoms with Crippen LogP contribution in [0.3, 0.4) is 0 Å². The normalized spacial score (nSPS) is 13.4. The zero-order chi connectivity index (χ0) is 15.6. The molecule has 0 spiro atoms. The Morgan fingerprint density at radius 2 is 1.62 bits per heavy atom. The average molecular weight is 286 g/mol. The summed E-state index contributed by atoms with van der Waals surface area (Å²) < 4.78 is 0. The number of nitrogens with one attached hydrogen (secondary N) is 1. The molecule has 1 amide bonds. The van der Waals surface area contributed by atoms with Crippen LogP contribution in [0.15, 0.2) is 42.5 Å². The Morgan fingerprint density at radius 3 is 2.10 bits per heavy atom.